The minimum absolute atomic E-state index is 0.164. The minimum Gasteiger partial charge on any atom is -0.394 e. The van der Waals surface area contributed by atoms with Gasteiger partial charge in [-0.3, -0.25) is 4.79 Å². The van der Waals surface area contributed by atoms with Crippen LogP contribution in [0.3, 0.4) is 0 Å². The number of hydrogen-bond donors (Lipinski definition) is 1. The lowest BCUT2D eigenvalue weighted by atomic mass is 10.4. The van der Waals surface area contributed by atoms with Crippen molar-refractivity contribution in [3.8, 4) is 0 Å². The molecule has 0 saturated heterocycles. The molecular weight excluding hydrogens is 210 g/mol. The van der Waals surface area contributed by atoms with E-state index in [4.69, 9.17) is 5.73 Å². The molecule has 2 heterocycles. The fourth-order valence-corrected chi connectivity index (χ4v) is 1.94. The average Bonchev–Trinajstić information content (AvgIpc) is 2.59. The van der Waals surface area contributed by atoms with Crippen molar-refractivity contribution in [1.29, 1.82) is 0 Å². The zero-order valence-corrected chi connectivity index (χ0v) is 9.12. The van der Waals surface area contributed by atoms with Crippen molar-refractivity contribution in [2.24, 2.45) is 0 Å². The van der Waals surface area contributed by atoms with Gasteiger partial charge in [-0.05, 0) is 19.1 Å². The number of aryl methyl sites for hydroxylation is 1. The fraction of sp³-hybridized carbons (Fsp3) is 0.200. The summed E-state index contributed by atoms with van der Waals surface area (Å²) in [5.41, 5.74) is 6.53. The second kappa shape index (κ2) is 3.86. The van der Waals surface area contributed by atoms with Crippen LogP contribution in [0, 0.1) is 6.92 Å². The molecule has 2 N–H and O–H groups in total. The van der Waals surface area contributed by atoms with Crippen molar-refractivity contribution in [1.82, 2.24) is 9.55 Å². The van der Waals surface area contributed by atoms with Crippen molar-refractivity contribution >= 4 is 17.0 Å². The van der Waals surface area contributed by atoms with E-state index in [-0.39, 0.29) is 11.2 Å². The third-order valence-corrected chi connectivity index (χ3v) is 2.87. The Kier molecular flexibility index (Phi) is 2.55. The van der Waals surface area contributed by atoms with Gasteiger partial charge in [0.1, 0.15) is 0 Å². The van der Waals surface area contributed by atoms with E-state index in [0.717, 1.165) is 10.7 Å². The molecule has 0 amide bonds. The predicted octanol–water partition coefficient (Wildman–Crippen LogP) is 1.24. The summed E-state index contributed by atoms with van der Waals surface area (Å²) in [5.74, 6) is 0. The molecule has 2 aromatic rings. The number of pyridine rings is 1. The van der Waals surface area contributed by atoms with Crippen LogP contribution in [0.5, 0.6) is 0 Å². The molecule has 2 aromatic heterocycles. The van der Waals surface area contributed by atoms with Crippen molar-refractivity contribution in [3.05, 3.63) is 44.8 Å². The van der Waals surface area contributed by atoms with E-state index < -0.39 is 0 Å². The van der Waals surface area contributed by atoms with E-state index in [9.17, 15) is 4.79 Å². The number of thiazole rings is 1. The highest BCUT2D eigenvalue weighted by molar-refractivity contribution is 7.09. The topological polar surface area (TPSA) is 60.9 Å². The third kappa shape index (κ3) is 2.07. The number of rotatable bonds is 2. The van der Waals surface area contributed by atoms with Crippen molar-refractivity contribution < 1.29 is 0 Å². The molecule has 5 heteroatoms. The first-order valence-corrected chi connectivity index (χ1v) is 5.41. The molecule has 0 aromatic carbocycles. The minimum atomic E-state index is -0.164. The molecule has 0 bridgehead atoms. The second-order valence-electron chi connectivity index (χ2n) is 3.25. The van der Waals surface area contributed by atoms with Crippen LogP contribution in [0.1, 0.15) is 10.7 Å². The molecule has 2 rings (SSSR count). The lowest BCUT2D eigenvalue weighted by Crippen LogP contribution is -2.22. The van der Waals surface area contributed by atoms with Crippen LogP contribution in [0.2, 0.25) is 0 Å². The van der Waals surface area contributed by atoms with E-state index in [1.54, 1.807) is 34.2 Å². The van der Waals surface area contributed by atoms with Gasteiger partial charge in [0.15, 0.2) is 0 Å². The molecule has 0 atom stereocenters. The summed E-state index contributed by atoms with van der Waals surface area (Å²) >= 11 is 1.58. The van der Waals surface area contributed by atoms with E-state index in [2.05, 4.69) is 4.98 Å². The number of nitrogens with zero attached hydrogens (tertiary/aromatic N) is 2. The Bertz CT molecular complexity index is 529. The number of anilines is 1. The van der Waals surface area contributed by atoms with Crippen LogP contribution < -0.4 is 11.3 Å². The maximum absolute atomic E-state index is 11.6. The highest BCUT2D eigenvalue weighted by Gasteiger charge is 2.02. The summed E-state index contributed by atoms with van der Waals surface area (Å²) in [6, 6.07) is 3.36. The van der Waals surface area contributed by atoms with E-state index >= 15 is 0 Å². The summed E-state index contributed by atoms with van der Waals surface area (Å²) in [5, 5.41) is 2.95. The van der Waals surface area contributed by atoms with Crippen LogP contribution in [0.25, 0.3) is 0 Å². The maximum atomic E-state index is 11.6. The average molecular weight is 221 g/mol. The monoisotopic (exact) mass is 221 g/mol. The highest BCUT2D eigenvalue weighted by Crippen LogP contribution is 2.08. The lowest BCUT2D eigenvalue weighted by molar-refractivity contribution is 0.745. The first kappa shape index (κ1) is 9.92. The molecule has 15 heavy (non-hydrogen) atoms. The Balaban J connectivity index is 2.32. The molecule has 0 spiro atoms. The number of nitrogen functional groups attached to an aromatic ring is 1. The van der Waals surface area contributed by atoms with Gasteiger partial charge in [-0.15, -0.1) is 11.3 Å². The summed E-state index contributed by atoms with van der Waals surface area (Å²) in [7, 11) is 0. The van der Waals surface area contributed by atoms with Crippen LogP contribution in [-0.2, 0) is 6.54 Å². The van der Waals surface area contributed by atoms with Gasteiger partial charge in [-0.2, -0.15) is 0 Å². The second-order valence-corrected chi connectivity index (χ2v) is 4.32. The van der Waals surface area contributed by atoms with Crippen LogP contribution in [-0.4, -0.2) is 9.55 Å². The van der Waals surface area contributed by atoms with Gasteiger partial charge in [0.25, 0.3) is 5.56 Å². The molecule has 0 aliphatic rings. The van der Waals surface area contributed by atoms with Crippen molar-refractivity contribution in [2.45, 2.75) is 13.5 Å². The molecule has 0 unspecified atom stereocenters. The van der Waals surface area contributed by atoms with Crippen LogP contribution in [0.15, 0.2) is 28.5 Å². The molecular formula is C10H11N3OS. The molecule has 0 fully saturated rings. The summed E-state index contributed by atoms with van der Waals surface area (Å²) < 4.78 is 1.56. The largest absolute Gasteiger partial charge is 0.394 e. The molecule has 0 aliphatic carbocycles. The highest BCUT2D eigenvalue weighted by atomic mass is 32.1. The van der Waals surface area contributed by atoms with E-state index in [1.165, 1.54) is 0 Å². The summed E-state index contributed by atoms with van der Waals surface area (Å²) in [4.78, 5) is 15.9. The number of aromatic nitrogens is 2. The summed E-state index contributed by atoms with van der Waals surface area (Å²) in [6.07, 6.45) is 1.72. The first-order valence-electron chi connectivity index (χ1n) is 4.53. The standard InChI is InChI=1S/C10H11N3OS/c1-7-12-8(6-15-7)5-13-4-2-3-9(11)10(13)14/h2-4,6H,5,11H2,1H3. The van der Waals surface area contributed by atoms with Gasteiger partial charge in [0.05, 0.1) is 22.9 Å². The van der Waals surface area contributed by atoms with E-state index in [1.807, 2.05) is 12.3 Å². The van der Waals surface area contributed by atoms with Gasteiger partial charge in [-0.1, -0.05) is 0 Å². The third-order valence-electron chi connectivity index (χ3n) is 2.05. The van der Waals surface area contributed by atoms with Crippen LogP contribution in [0.4, 0.5) is 5.69 Å². The zero-order valence-electron chi connectivity index (χ0n) is 8.30. The van der Waals surface area contributed by atoms with Gasteiger partial charge >= 0.3 is 0 Å². The van der Waals surface area contributed by atoms with Gasteiger partial charge in [0.2, 0.25) is 0 Å². The maximum Gasteiger partial charge on any atom is 0.274 e. The SMILES string of the molecule is Cc1nc(Cn2cccc(N)c2=O)cs1. The smallest absolute Gasteiger partial charge is 0.274 e. The number of nitrogens with two attached hydrogens (primary N) is 1. The molecule has 78 valence electrons. The Morgan fingerprint density at radius 1 is 1.60 bits per heavy atom. The Labute approximate surface area is 91.0 Å². The molecule has 0 radical (unpaired) electrons. The molecule has 0 saturated carbocycles. The van der Waals surface area contributed by atoms with Crippen molar-refractivity contribution in [2.75, 3.05) is 5.73 Å². The predicted molar refractivity (Wildman–Crippen MR) is 61.1 cm³/mol. The van der Waals surface area contributed by atoms with Crippen LogP contribution >= 0.6 is 11.3 Å². The Morgan fingerprint density at radius 3 is 3.07 bits per heavy atom. The lowest BCUT2D eigenvalue weighted by Gasteiger charge is -2.03. The fourth-order valence-electron chi connectivity index (χ4n) is 1.34. The van der Waals surface area contributed by atoms with E-state index in [0.29, 0.717) is 6.54 Å². The zero-order chi connectivity index (χ0) is 10.8. The first-order chi connectivity index (χ1) is 7.16. The van der Waals surface area contributed by atoms with Gasteiger partial charge in [0, 0.05) is 11.6 Å². The van der Waals surface area contributed by atoms with Crippen molar-refractivity contribution in [3.63, 3.8) is 0 Å². The quantitative estimate of drug-likeness (QED) is 0.830. The summed E-state index contributed by atoms with van der Waals surface area (Å²) in [6.45, 7) is 2.42. The normalized spacial score (nSPS) is 10.5. The number of hydrogen-bond acceptors (Lipinski definition) is 4. The molecule has 4 nitrogen and oxygen atoms in total. The Hall–Kier alpha value is -1.62. The van der Waals surface area contributed by atoms with Gasteiger partial charge in [-0.25, -0.2) is 4.98 Å². The Morgan fingerprint density at radius 2 is 2.40 bits per heavy atom. The molecule has 0 aliphatic heterocycles. The van der Waals surface area contributed by atoms with Gasteiger partial charge < -0.3 is 10.3 Å².